The molecular formula is C7H4Cl3NO3. The number of ether oxygens (including phenoxy) is 1. The fourth-order valence-corrected chi connectivity index (χ4v) is 1.26. The molecule has 0 spiro atoms. The Hall–Kier alpha value is -0.710. The molecule has 0 bridgehead atoms. The first-order valence-electron chi connectivity index (χ1n) is 3.38. The number of hydrogen-bond acceptors (Lipinski definition) is 3. The normalized spacial score (nSPS) is 9.93. The van der Waals surface area contributed by atoms with Gasteiger partial charge in [0.05, 0.1) is 15.0 Å². The van der Waals surface area contributed by atoms with Crippen molar-refractivity contribution >= 4 is 40.5 Å². The van der Waals surface area contributed by atoms with E-state index in [0.717, 1.165) is 6.07 Å². The van der Waals surface area contributed by atoms with E-state index in [4.69, 9.17) is 39.5 Å². The summed E-state index contributed by atoms with van der Waals surface area (Å²) in [5.41, 5.74) is -0.264. The van der Waals surface area contributed by atoms with Gasteiger partial charge in [0.1, 0.15) is 0 Å². The Labute approximate surface area is 94.5 Å². The number of benzene rings is 1. The summed E-state index contributed by atoms with van der Waals surface area (Å²) in [4.78, 5) is 9.92. The first-order chi connectivity index (χ1) is 6.56. The molecule has 0 saturated heterocycles. The van der Waals surface area contributed by atoms with Gasteiger partial charge in [0, 0.05) is 12.1 Å². The summed E-state index contributed by atoms with van der Waals surface area (Å²) in [7, 11) is 0. The van der Waals surface area contributed by atoms with Crippen LogP contribution in [0.3, 0.4) is 0 Å². The van der Waals surface area contributed by atoms with Gasteiger partial charge in [-0.3, -0.25) is 10.1 Å². The monoisotopic (exact) mass is 255 g/mol. The Morgan fingerprint density at radius 3 is 2.43 bits per heavy atom. The molecule has 0 saturated carbocycles. The van der Waals surface area contributed by atoms with Crippen LogP contribution in [0.2, 0.25) is 10.0 Å². The van der Waals surface area contributed by atoms with E-state index in [0.29, 0.717) is 0 Å². The molecule has 7 heteroatoms. The lowest BCUT2D eigenvalue weighted by molar-refractivity contribution is -0.385. The van der Waals surface area contributed by atoms with Gasteiger partial charge in [0.2, 0.25) is 0 Å². The fraction of sp³-hybridized carbons (Fsp3) is 0.143. The van der Waals surface area contributed by atoms with Crippen molar-refractivity contribution in [3.8, 4) is 5.75 Å². The van der Waals surface area contributed by atoms with E-state index in [2.05, 4.69) is 0 Å². The Kier molecular flexibility index (Phi) is 3.80. The van der Waals surface area contributed by atoms with E-state index in [-0.39, 0.29) is 27.5 Å². The molecule has 0 unspecified atom stereocenters. The van der Waals surface area contributed by atoms with Crippen LogP contribution in [0, 0.1) is 10.1 Å². The zero-order valence-electron chi connectivity index (χ0n) is 6.67. The zero-order chi connectivity index (χ0) is 10.7. The van der Waals surface area contributed by atoms with E-state index in [1.165, 1.54) is 6.07 Å². The number of alkyl halides is 1. The van der Waals surface area contributed by atoms with E-state index >= 15 is 0 Å². The van der Waals surface area contributed by atoms with E-state index in [1.807, 2.05) is 0 Å². The van der Waals surface area contributed by atoms with Crippen molar-refractivity contribution in [2.45, 2.75) is 0 Å². The summed E-state index contributed by atoms with van der Waals surface area (Å²) in [5, 5.41) is 10.8. The Morgan fingerprint density at radius 2 is 1.93 bits per heavy atom. The topological polar surface area (TPSA) is 52.4 Å². The van der Waals surface area contributed by atoms with Gasteiger partial charge in [-0.15, -0.1) is 0 Å². The molecule has 4 nitrogen and oxygen atoms in total. The summed E-state index contributed by atoms with van der Waals surface area (Å²) < 4.78 is 4.81. The quantitative estimate of drug-likeness (QED) is 0.472. The van der Waals surface area contributed by atoms with Crippen molar-refractivity contribution in [2.24, 2.45) is 0 Å². The van der Waals surface area contributed by atoms with Crippen LogP contribution < -0.4 is 4.74 Å². The molecule has 1 aromatic carbocycles. The maximum absolute atomic E-state index is 10.5. The van der Waals surface area contributed by atoms with Crippen LogP contribution in [0.15, 0.2) is 12.1 Å². The first kappa shape index (κ1) is 11.4. The van der Waals surface area contributed by atoms with Gasteiger partial charge in [-0.05, 0) is 0 Å². The van der Waals surface area contributed by atoms with Gasteiger partial charge in [0.15, 0.2) is 11.8 Å². The average Bonchev–Trinajstić information content (AvgIpc) is 2.11. The van der Waals surface area contributed by atoms with E-state index in [9.17, 15) is 10.1 Å². The molecule has 0 fully saturated rings. The van der Waals surface area contributed by atoms with Crippen molar-refractivity contribution in [3.63, 3.8) is 0 Å². The second-order valence-electron chi connectivity index (χ2n) is 2.24. The minimum absolute atomic E-state index is 0.000556. The highest BCUT2D eigenvalue weighted by molar-refractivity contribution is 6.42. The van der Waals surface area contributed by atoms with Gasteiger partial charge in [0.25, 0.3) is 0 Å². The van der Waals surface area contributed by atoms with Crippen LogP contribution in [0.1, 0.15) is 0 Å². The third-order valence-corrected chi connectivity index (χ3v) is 2.24. The first-order valence-corrected chi connectivity index (χ1v) is 4.67. The minimum atomic E-state index is -0.621. The highest BCUT2D eigenvalue weighted by Gasteiger charge is 2.17. The average molecular weight is 256 g/mol. The van der Waals surface area contributed by atoms with Crippen LogP contribution >= 0.6 is 34.8 Å². The number of nitrogens with zero attached hydrogens (tertiary/aromatic N) is 1. The predicted molar refractivity (Wildman–Crippen MR) is 54.5 cm³/mol. The van der Waals surface area contributed by atoms with Crippen LogP contribution in [0.4, 0.5) is 5.69 Å². The minimum Gasteiger partial charge on any atom is -0.471 e. The Bertz CT molecular complexity index is 369. The predicted octanol–water partition coefficient (Wildman–Crippen LogP) is 3.48. The molecule has 0 amide bonds. The van der Waals surface area contributed by atoms with Crippen molar-refractivity contribution in [1.29, 1.82) is 0 Å². The molecule has 0 radical (unpaired) electrons. The number of hydrogen-bond donors (Lipinski definition) is 0. The molecule has 1 rings (SSSR count). The molecule has 0 heterocycles. The smallest absolute Gasteiger partial charge is 0.312 e. The number of rotatable bonds is 3. The molecule has 14 heavy (non-hydrogen) atoms. The van der Waals surface area contributed by atoms with Crippen LogP contribution in [0.25, 0.3) is 0 Å². The van der Waals surface area contributed by atoms with Crippen LogP contribution in [-0.2, 0) is 0 Å². The molecule has 0 aliphatic carbocycles. The zero-order valence-corrected chi connectivity index (χ0v) is 8.94. The Morgan fingerprint density at radius 1 is 1.36 bits per heavy atom. The van der Waals surface area contributed by atoms with Gasteiger partial charge < -0.3 is 4.74 Å². The Balaban J connectivity index is 3.24. The summed E-state index contributed by atoms with van der Waals surface area (Å²) in [6.07, 6.45) is 0. The summed E-state index contributed by atoms with van der Waals surface area (Å²) >= 11 is 16.5. The third kappa shape index (κ3) is 2.41. The number of halogens is 3. The molecule has 0 aliphatic rings. The van der Waals surface area contributed by atoms with Crippen molar-refractivity contribution in [3.05, 3.63) is 32.3 Å². The maximum atomic E-state index is 10.5. The number of nitro groups is 1. The van der Waals surface area contributed by atoms with Gasteiger partial charge >= 0.3 is 5.69 Å². The summed E-state index contributed by atoms with van der Waals surface area (Å²) in [6, 6.07) is 2.18. The van der Waals surface area contributed by atoms with Crippen molar-refractivity contribution in [1.82, 2.24) is 0 Å². The van der Waals surface area contributed by atoms with Crippen molar-refractivity contribution < 1.29 is 9.66 Å². The highest BCUT2D eigenvalue weighted by atomic mass is 35.5. The lowest BCUT2D eigenvalue weighted by Gasteiger charge is -2.04. The molecule has 0 N–H and O–H groups in total. The lowest BCUT2D eigenvalue weighted by atomic mass is 10.3. The number of nitro benzene ring substituents is 1. The van der Waals surface area contributed by atoms with Gasteiger partial charge in [-0.2, -0.15) is 0 Å². The highest BCUT2D eigenvalue weighted by Crippen LogP contribution is 2.35. The van der Waals surface area contributed by atoms with Crippen LogP contribution in [-0.4, -0.2) is 11.0 Å². The molecule has 0 aliphatic heterocycles. The second-order valence-corrected chi connectivity index (χ2v) is 3.28. The van der Waals surface area contributed by atoms with Crippen LogP contribution in [0.5, 0.6) is 5.75 Å². The summed E-state index contributed by atoms with van der Waals surface area (Å²) in [5.74, 6) is -0.000556. The molecule has 0 atom stereocenters. The molecule has 0 aromatic heterocycles. The largest absolute Gasteiger partial charge is 0.471 e. The second kappa shape index (κ2) is 4.68. The standard InChI is InChI=1S/C7H4Cl3NO3/c8-3-14-7-2-5(10)4(9)1-6(7)11(12)13/h1-2H,3H2. The summed E-state index contributed by atoms with van der Waals surface area (Å²) in [6.45, 7) is 0. The lowest BCUT2D eigenvalue weighted by Crippen LogP contribution is -1.96. The molecule has 76 valence electrons. The molecule has 1 aromatic rings. The molecular weight excluding hydrogens is 252 g/mol. The third-order valence-electron chi connectivity index (χ3n) is 1.41. The fourth-order valence-electron chi connectivity index (χ4n) is 0.835. The van der Waals surface area contributed by atoms with E-state index in [1.54, 1.807) is 0 Å². The van der Waals surface area contributed by atoms with Crippen molar-refractivity contribution in [2.75, 3.05) is 6.07 Å². The van der Waals surface area contributed by atoms with E-state index < -0.39 is 4.92 Å². The van der Waals surface area contributed by atoms with Gasteiger partial charge in [-0.25, -0.2) is 0 Å². The van der Waals surface area contributed by atoms with Gasteiger partial charge in [-0.1, -0.05) is 34.8 Å². The SMILES string of the molecule is O=[N+]([O-])c1cc(Cl)c(Cl)cc1OCCl. The maximum Gasteiger partial charge on any atom is 0.312 e.